The number of rotatable bonds is 11. The van der Waals surface area contributed by atoms with E-state index in [4.69, 9.17) is 4.42 Å². The zero-order valence-electron chi connectivity index (χ0n) is 20.4. The van der Waals surface area contributed by atoms with Gasteiger partial charge in [0.2, 0.25) is 5.89 Å². The van der Waals surface area contributed by atoms with Crippen LogP contribution in [0.2, 0.25) is 0 Å². The van der Waals surface area contributed by atoms with Crippen molar-refractivity contribution in [2.24, 2.45) is 0 Å². The molecule has 4 rings (SSSR count). The number of carbonyl (C=O) groups excluding carboxylic acids is 2. The monoisotopic (exact) mass is 472 g/mol. The van der Waals surface area contributed by atoms with Crippen molar-refractivity contribution in [1.82, 2.24) is 19.9 Å². The summed E-state index contributed by atoms with van der Waals surface area (Å²) in [5.41, 5.74) is 2.50. The van der Waals surface area contributed by atoms with Crippen molar-refractivity contribution in [3.63, 3.8) is 0 Å². The molecule has 2 aromatic heterocycles. The summed E-state index contributed by atoms with van der Waals surface area (Å²) in [6.45, 7) is 3.88. The molecule has 0 spiro atoms. The average molecular weight is 473 g/mol. The Balaban J connectivity index is 1.54. The number of Topliss-reactive ketones (excluding diaryl/α,β-unsaturated/α-hetero) is 1. The van der Waals surface area contributed by atoms with E-state index < -0.39 is 6.04 Å². The Kier molecular flexibility index (Phi) is 8.08. The van der Waals surface area contributed by atoms with E-state index in [1.165, 1.54) is 0 Å². The maximum Gasteiger partial charge on any atom is 0.328 e. The molecule has 0 aliphatic rings. The number of oxazole rings is 1. The highest BCUT2D eigenvalue weighted by atomic mass is 16.4. The van der Waals surface area contributed by atoms with Gasteiger partial charge in [0.15, 0.2) is 5.76 Å². The Labute approximate surface area is 205 Å². The smallest absolute Gasteiger partial charge is 0.328 e. The number of amides is 1. The standard InChI is InChI=1S/C28H32N4O3/c1-3-21(33)15-9-6-10-17-23(27-29-19-25(35-27)20-13-7-5-8-14-20)31-28(34)32-24-18-12-11-16-22(24)30-26(32)4-2/h5,7-8,11-14,16,18-19,23H,3-4,6,9-10,15,17H2,1-2H3,(H,31,34)/t23-/m0/s1. The maximum atomic E-state index is 13.5. The second-order valence-electron chi connectivity index (χ2n) is 8.63. The normalized spacial score (nSPS) is 12.1. The quantitative estimate of drug-likeness (QED) is 0.252. The lowest BCUT2D eigenvalue weighted by atomic mass is 10.1. The fourth-order valence-electron chi connectivity index (χ4n) is 4.22. The topological polar surface area (TPSA) is 90.0 Å². The first-order valence-corrected chi connectivity index (χ1v) is 12.4. The lowest BCUT2D eigenvalue weighted by Gasteiger charge is -2.17. The molecule has 7 nitrogen and oxygen atoms in total. The van der Waals surface area contributed by atoms with Crippen molar-refractivity contribution in [1.29, 1.82) is 0 Å². The summed E-state index contributed by atoms with van der Waals surface area (Å²) in [5.74, 6) is 2.13. The number of ketones is 1. The van der Waals surface area contributed by atoms with Gasteiger partial charge in [-0.2, -0.15) is 0 Å². The van der Waals surface area contributed by atoms with Gasteiger partial charge in [0.05, 0.1) is 17.2 Å². The first-order chi connectivity index (χ1) is 17.1. The molecule has 1 N–H and O–H groups in total. The summed E-state index contributed by atoms with van der Waals surface area (Å²) < 4.78 is 7.74. The first kappa shape index (κ1) is 24.4. The predicted octanol–water partition coefficient (Wildman–Crippen LogP) is 6.48. The fourth-order valence-corrected chi connectivity index (χ4v) is 4.22. The second kappa shape index (κ2) is 11.6. The number of fused-ring (bicyclic) bond motifs is 1. The number of nitrogens with zero attached hydrogens (tertiary/aromatic N) is 3. The van der Waals surface area contributed by atoms with Gasteiger partial charge in [0.1, 0.15) is 17.6 Å². The summed E-state index contributed by atoms with van der Waals surface area (Å²) in [6.07, 6.45) is 6.77. The van der Waals surface area contributed by atoms with E-state index in [2.05, 4.69) is 15.3 Å². The fraction of sp³-hybridized carbons (Fsp3) is 0.357. The highest BCUT2D eigenvalue weighted by Crippen LogP contribution is 2.26. The van der Waals surface area contributed by atoms with Crippen molar-refractivity contribution >= 4 is 22.8 Å². The van der Waals surface area contributed by atoms with Crippen LogP contribution in [-0.4, -0.2) is 26.3 Å². The van der Waals surface area contributed by atoms with Crippen molar-refractivity contribution in [2.45, 2.75) is 64.8 Å². The minimum absolute atomic E-state index is 0.249. The van der Waals surface area contributed by atoms with Gasteiger partial charge in [0.25, 0.3) is 0 Å². The molecule has 1 atom stereocenters. The number of benzene rings is 2. The molecule has 0 aliphatic heterocycles. The molecule has 0 aliphatic carbocycles. The number of aryl methyl sites for hydroxylation is 1. The van der Waals surface area contributed by atoms with Crippen LogP contribution in [-0.2, 0) is 11.2 Å². The number of unbranched alkanes of at least 4 members (excludes halogenated alkanes) is 2. The third-order valence-corrected chi connectivity index (χ3v) is 6.17. The van der Waals surface area contributed by atoms with Gasteiger partial charge in [-0.3, -0.25) is 4.79 Å². The Morgan fingerprint density at radius 1 is 1.00 bits per heavy atom. The van der Waals surface area contributed by atoms with Crippen molar-refractivity contribution in [3.8, 4) is 11.3 Å². The second-order valence-corrected chi connectivity index (χ2v) is 8.63. The lowest BCUT2D eigenvalue weighted by molar-refractivity contribution is -0.118. The van der Waals surface area contributed by atoms with Crippen LogP contribution in [0.1, 0.15) is 70.1 Å². The third kappa shape index (κ3) is 5.85. The molecular weight excluding hydrogens is 440 g/mol. The van der Waals surface area contributed by atoms with Crippen LogP contribution in [0.15, 0.2) is 65.2 Å². The summed E-state index contributed by atoms with van der Waals surface area (Å²) in [4.78, 5) is 34.2. The van der Waals surface area contributed by atoms with Gasteiger partial charge in [-0.1, -0.05) is 69.2 Å². The molecule has 35 heavy (non-hydrogen) atoms. The van der Waals surface area contributed by atoms with Gasteiger partial charge in [-0.15, -0.1) is 0 Å². The van der Waals surface area contributed by atoms with Gasteiger partial charge >= 0.3 is 6.03 Å². The summed E-state index contributed by atoms with van der Waals surface area (Å²) in [6, 6.07) is 16.8. The van der Waals surface area contributed by atoms with Crippen molar-refractivity contribution in [2.75, 3.05) is 0 Å². The molecule has 0 radical (unpaired) electrons. The van der Waals surface area contributed by atoms with Crippen LogP contribution in [0.3, 0.4) is 0 Å². The van der Waals surface area contributed by atoms with Crippen molar-refractivity contribution < 1.29 is 14.0 Å². The molecule has 0 saturated carbocycles. The van der Waals surface area contributed by atoms with E-state index in [0.29, 0.717) is 43.2 Å². The van der Waals surface area contributed by atoms with Crippen LogP contribution in [0.25, 0.3) is 22.4 Å². The van der Waals surface area contributed by atoms with E-state index in [0.717, 1.165) is 35.9 Å². The molecular formula is C28H32N4O3. The van der Waals surface area contributed by atoms with Gasteiger partial charge in [-0.25, -0.2) is 19.3 Å². The maximum absolute atomic E-state index is 13.5. The van der Waals surface area contributed by atoms with E-state index in [1.54, 1.807) is 10.8 Å². The number of para-hydroxylation sites is 2. The molecule has 1 amide bonds. The van der Waals surface area contributed by atoms with Crippen LogP contribution >= 0.6 is 0 Å². The number of aromatic nitrogens is 3. The Morgan fingerprint density at radius 3 is 2.54 bits per heavy atom. The van der Waals surface area contributed by atoms with E-state index in [1.807, 2.05) is 68.4 Å². The largest absolute Gasteiger partial charge is 0.438 e. The van der Waals surface area contributed by atoms with Crippen molar-refractivity contribution in [3.05, 3.63) is 72.5 Å². The van der Waals surface area contributed by atoms with Gasteiger partial charge in [0, 0.05) is 24.8 Å². The Bertz CT molecular complexity index is 1280. The van der Waals surface area contributed by atoms with E-state index in [-0.39, 0.29) is 11.8 Å². The van der Waals surface area contributed by atoms with Crippen LogP contribution in [0, 0.1) is 0 Å². The number of hydrogen-bond donors (Lipinski definition) is 1. The number of nitrogens with one attached hydrogen (secondary N) is 1. The average Bonchev–Trinajstić information content (AvgIpc) is 3.53. The van der Waals surface area contributed by atoms with Crippen LogP contribution < -0.4 is 5.32 Å². The first-order valence-electron chi connectivity index (χ1n) is 12.4. The van der Waals surface area contributed by atoms with Crippen LogP contribution in [0.4, 0.5) is 4.79 Å². The minimum Gasteiger partial charge on any atom is -0.438 e. The molecule has 0 unspecified atom stereocenters. The molecule has 2 aromatic carbocycles. The zero-order valence-corrected chi connectivity index (χ0v) is 20.4. The Hall–Kier alpha value is -3.74. The predicted molar refractivity (Wildman–Crippen MR) is 136 cm³/mol. The number of imidazole rings is 1. The highest BCUT2D eigenvalue weighted by Gasteiger charge is 2.23. The molecule has 7 heteroatoms. The molecule has 4 aromatic rings. The summed E-state index contributed by atoms with van der Waals surface area (Å²) in [7, 11) is 0. The SMILES string of the molecule is CCC(=O)CCCCC[C@H](NC(=O)n1c(CC)nc2ccccc21)c1ncc(-c2ccccc2)o1. The number of carbonyl (C=O) groups is 2. The molecule has 0 fully saturated rings. The molecule has 2 heterocycles. The van der Waals surface area contributed by atoms with E-state index in [9.17, 15) is 9.59 Å². The minimum atomic E-state index is -0.396. The summed E-state index contributed by atoms with van der Waals surface area (Å²) in [5, 5.41) is 3.14. The third-order valence-electron chi connectivity index (χ3n) is 6.17. The Morgan fingerprint density at radius 2 is 1.77 bits per heavy atom. The zero-order chi connectivity index (χ0) is 24.6. The molecule has 0 bridgehead atoms. The van der Waals surface area contributed by atoms with Gasteiger partial charge in [-0.05, 0) is 25.0 Å². The van der Waals surface area contributed by atoms with Gasteiger partial charge < -0.3 is 9.73 Å². The van der Waals surface area contributed by atoms with E-state index >= 15 is 0 Å². The van der Waals surface area contributed by atoms with Crippen LogP contribution in [0.5, 0.6) is 0 Å². The number of hydrogen-bond acceptors (Lipinski definition) is 5. The molecule has 0 saturated heterocycles. The highest BCUT2D eigenvalue weighted by molar-refractivity contribution is 5.90. The summed E-state index contributed by atoms with van der Waals surface area (Å²) >= 11 is 0. The lowest BCUT2D eigenvalue weighted by Crippen LogP contribution is -2.33. The molecule has 182 valence electrons.